The number of amides is 1. The van der Waals surface area contributed by atoms with Gasteiger partial charge in [-0.05, 0) is 26.8 Å². The lowest BCUT2D eigenvalue weighted by Crippen LogP contribution is -2.18. The van der Waals surface area contributed by atoms with E-state index in [-0.39, 0.29) is 18.3 Å². The highest BCUT2D eigenvalue weighted by Crippen LogP contribution is 2.23. The van der Waals surface area contributed by atoms with Gasteiger partial charge in [0.25, 0.3) is 5.91 Å². The Kier molecular flexibility index (Phi) is 5.08. The first kappa shape index (κ1) is 18.1. The van der Waals surface area contributed by atoms with Crippen molar-refractivity contribution in [2.24, 2.45) is 0 Å². The normalized spacial score (nSPS) is 11.0. The van der Waals surface area contributed by atoms with E-state index in [0.29, 0.717) is 34.2 Å². The van der Waals surface area contributed by atoms with Crippen molar-refractivity contribution in [2.75, 3.05) is 5.32 Å². The first-order valence-corrected chi connectivity index (χ1v) is 8.60. The van der Waals surface area contributed by atoms with Gasteiger partial charge in [0.2, 0.25) is 0 Å². The lowest BCUT2D eigenvalue weighted by atomic mass is 10.2. The van der Waals surface area contributed by atoms with Crippen LogP contribution in [0.5, 0.6) is 0 Å². The zero-order chi connectivity index (χ0) is 18.8. The average molecular weight is 376 g/mol. The third-order valence-electron chi connectivity index (χ3n) is 4.21. The molecule has 2 aromatic heterocycles. The molecule has 1 N–H and O–H groups in total. The predicted octanol–water partition coefficient (Wildman–Crippen LogP) is 3.81. The van der Waals surface area contributed by atoms with Gasteiger partial charge in [-0.3, -0.25) is 14.2 Å². The molecule has 6 nitrogen and oxygen atoms in total. The summed E-state index contributed by atoms with van der Waals surface area (Å²) in [4.78, 5) is 12.6. The third-order valence-corrected chi connectivity index (χ3v) is 4.48. The number of aryl methyl sites for hydroxylation is 2. The molecule has 0 aliphatic carbocycles. The molecule has 8 heteroatoms. The Morgan fingerprint density at radius 3 is 2.69 bits per heavy atom. The Morgan fingerprint density at radius 1 is 1.27 bits per heavy atom. The summed E-state index contributed by atoms with van der Waals surface area (Å²) >= 11 is 6.09. The fraction of sp³-hybridized carbons (Fsp3) is 0.278. The van der Waals surface area contributed by atoms with Crippen LogP contribution in [-0.2, 0) is 13.1 Å². The molecule has 0 saturated carbocycles. The minimum absolute atomic E-state index is 0.281. The summed E-state index contributed by atoms with van der Waals surface area (Å²) in [5, 5.41) is 11.6. The SMILES string of the molecule is CCn1ncc(Cl)c1C(=O)Nc1c(C)nn(Cc2ccccc2F)c1C. The molecule has 0 unspecified atom stereocenters. The van der Waals surface area contributed by atoms with E-state index in [0.717, 1.165) is 5.69 Å². The summed E-state index contributed by atoms with van der Waals surface area (Å²) in [5.41, 5.74) is 2.80. The molecule has 136 valence electrons. The number of anilines is 1. The van der Waals surface area contributed by atoms with E-state index >= 15 is 0 Å². The van der Waals surface area contributed by atoms with Crippen LogP contribution in [0.4, 0.5) is 10.1 Å². The maximum atomic E-state index is 13.9. The summed E-state index contributed by atoms with van der Waals surface area (Å²) in [6, 6.07) is 6.55. The summed E-state index contributed by atoms with van der Waals surface area (Å²) in [5.74, 6) is -0.643. The second-order valence-electron chi connectivity index (χ2n) is 5.91. The minimum atomic E-state index is -0.356. The molecule has 1 aromatic carbocycles. The highest BCUT2D eigenvalue weighted by Gasteiger charge is 2.21. The standard InChI is InChI=1S/C18H19ClFN5O/c1-4-24-17(14(19)9-21-24)18(26)22-16-11(2)23-25(12(16)3)10-13-7-5-6-8-15(13)20/h5-9H,4,10H2,1-3H3,(H,22,26). The van der Waals surface area contributed by atoms with E-state index in [4.69, 9.17) is 11.6 Å². The minimum Gasteiger partial charge on any atom is -0.317 e. The van der Waals surface area contributed by atoms with Gasteiger partial charge in [0.1, 0.15) is 11.5 Å². The third kappa shape index (κ3) is 3.35. The van der Waals surface area contributed by atoms with E-state index in [9.17, 15) is 9.18 Å². The maximum Gasteiger partial charge on any atom is 0.275 e. The van der Waals surface area contributed by atoms with Crippen molar-refractivity contribution in [1.82, 2.24) is 19.6 Å². The number of carbonyl (C=O) groups is 1. The Labute approximate surface area is 155 Å². The highest BCUT2D eigenvalue weighted by molar-refractivity contribution is 6.34. The number of hydrogen-bond acceptors (Lipinski definition) is 3. The predicted molar refractivity (Wildman–Crippen MR) is 98.1 cm³/mol. The van der Waals surface area contributed by atoms with Crippen LogP contribution >= 0.6 is 11.6 Å². The van der Waals surface area contributed by atoms with Crippen molar-refractivity contribution in [3.63, 3.8) is 0 Å². The molecular weight excluding hydrogens is 357 g/mol. The molecule has 0 radical (unpaired) electrons. The zero-order valence-electron chi connectivity index (χ0n) is 14.8. The summed E-state index contributed by atoms with van der Waals surface area (Å²) in [7, 11) is 0. The second-order valence-corrected chi connectivity index (χ2v) is 6.31. The van der Waals surface area contributed by atoms with Crippen LogP contribution in [0.3, 0.4) is 0 Å². The van der Waals surface area contributed by atoms with Gasteiger partial charge in [-0.25, -0.2) is 4.39 Å². The Hall–Kier alpha value is -2.67. The van der Waals surface area contributed by atoms with Gasteiger partial charge in [0, 0.05) is 12.1 Å². The number of halogens is 2. The number of hydrogen-bond donors (Lipinski definition) is 1. The second kappa shape index (κ2) is 7.29. The van der Waals surface area contributed by atoms with Crippen LogP contribution in [0.15, 0.2) is 30.5 Å². The molecule has 26 heavy (non-hydrogen) atoms. The van der Waals surface area contributed by atoms with E-state index in [1.54, 1.807) is 29.8 Å². The molecule has 0 bridgehead atoms. The fourth-order valence-corrected chi connectivity index (χ4v) is 3.05. The molecule has 0 saturated heterocycles. The first-order chi connectivity index (χ1) is 12.4. The number of benzene rings is 1. The van der Waals surface area contributed by atoms with Crippen LogP contribution < -0.4 is 5.32 Å². The van der Waals surface area contributed by atoms with Crippen molar-refractivity contribution >= 4 is 23.2 Å². The number of rotatable bonds is 5. The monoisotopic (exact) mass is 375 g/mol. The van der Waals surface area contributed by atoms with Gasteiger partial charge < -0.3 is 5.32 Å². The highest BCUT2D eigenvalue weighted by atomic mass is 35.5. The van der Waals surface area contributed by atoms with Gasteiger partial charge >= 0.3 is 0 Å². The summed E-state index contributed by atoms with van der Waals surface area (Å²) in [6.07, 6.45) is 1.45. The Balaban J connectivity index is 1.88. The Bertz CT molecular complexity index is 963. The number of carbonyl (C=O) groups excluding carboxylic acids is 1. The van der Waals surface area contributed by atoms with Gasteiger partial charge in [-0.1, -0.05) is 29.8 Å². The fourth-order valence-electron chi connectivity index (χ4n) is 2.82. The zero-order valence-corrected chi connectivity index (χ0v) is 15.5. The largest absolute Gasteiger partial charge is 0.317 e. The molecular formula is C18H19ClFN5O. The molecule has 0 aliphatic heterocycles. The van der Waals surface area contributed by atoms with E-state index < -0.39 is 0 Å². The molecule has 2 heterocycles. The van der Waals surface area contributed by atoms with Crippen molar-refractivity contribution < 1.29 is 9.18 Å². The number of aromatic nitrogens is 4. The van der Waals surface area contributed by atoms with Gasteiger partial charge in [-0.15, -0.1) is 0 Å². The van der Waals surface area contributed by atoms with Crippen molar-refractivity contribution in [3.05, 3.63) is 63.9 Å². The average Bonchev–Trinajstić information content (AvgIpc) is 3.11. The Morgan fingerprint density at radius 2 is 2.00 bits per heavy atom. The van der Waals surface area contributed by atoms with Crippen LogP contribution in [0.2, 0.25) is 5.02 Å². The smallest absolute Gasteiger partial charge is 0.275 e. The summed E-state index contributed by atoms with van der Waals surface area (Å²) in [6.45, 7) is 6.31. The number of nitrogens with zero attached hydrogens (tertiary/aromatic N) is 4. The van der Waals surface area contributed by atoms with Crippen molar-refractivity contribution in [2.45, 2.75) is 33.9 Å². The van der Waals surface area contributed by atoms with Crippen molar-refractivity contribution in [3.8, 4) is 0 Å². The molecule has 3 aromatic rings. The van der Waals surface area contributed by atoms with Crippen LogP contribution in [0.1, 0.15) is 34.4 Å². The lowest BCUT2D eigenvalue weighted by Gasteiger charge is -2.09. The first-order valence-electron chi connectivity index (χ1n) is 8.22. The van der Waals surface area contributed by atoms with E-state index in [1.807, 2.05) is 13.8 Å². The van der Waals surface area contributed by atoms with Crippen LogP contribution in [0.25, 0.3) is 0 Å². The van der Waals surface area contributed by atoms with Gasteiger partial charge in [-0.2, -0.15) is 10.2 Å². The van der Waals surface area contributed by atoms with Gasteiger partial charge in [0.05, 0.1) is 34.8 Å². The van der Waals surface area contributed by atoms with E-state index in [1.165, 1.54) is 16.9 Å². The number of nitrogens with one attached hydrogen (secondary N) is 1. The van der Waals surface area contributed by atoms with E-state index in [2.05, 4.69) is 15.5 Å². The van der Waals surface area contributed by atoms with Gasteiger partial charge in [0.15, 0.2) is 0 Å². The molecule has 0 atom stereocenters. The molecule has 1 amide bonds. The summed E-state index contributed by atoms with van der Waals surface area (Å²) < 4.78 is 17.1. The molecule has 3 rings (SSSR count). The lowest BCUT2D eigenvalue weighted by molar-refractivity contribution is 0.101. The quantitative estimate of drug-likeness (QED) is 0.737. The molecule has 0 fully saturated rings. The molecule has 0 spiro atoms. The topological polar surface area (TPSA) is 64.7 Å². The molecule has 0 aliphatic rings. The maximum absolute atomic E-state index is 13.9. The van der Waals surface area contributed by atoms with Crippen LogP contribution in [-0.4, -0.2) is 25.5 Å². The van der Waals surface area contributed by atoms with Crippen LogP contribution in [0, 0.1) is 19.7 Å². The van der Waals surface area contributed by atoms with Crippen molar-refractivity contribution in [1.29, 1.82) is 0 Å².